The predicted molar refractivity (Wildman–Crippen MR) is 443 cm³/mol. The second-order valence-corrected chi connectivity index (χ2v) is 29.3. The van der Waals surface area contributed by atoms with E-state index in [1.165, 1.54) is 23.3 Å². The molecule has 0 amide bonds. The third kappa shape index (κ3) is 13.8. The summed E-state index contributed by atoms with van der Waals surface area (Å²) in [6.07, 6.45) is 42.1. The Morgan fingerprint density at radius 3 is 0.698 bits per heavy atom. The van der Waals surface area contributed by atoms with Crippen LogP contribution in [0.15, 0.2) is 128 Å². The molecule has 12 heterocycles. The number of rotatable bonds is 28. The standard InChI is InChI=1S/C92H96N10O4/c1-7-13-19-25-61-71-39-43-75(93-71)63(27-21-15-9-3)79-47-51-83(97-79)87(84-52-48-80(98-84)64(28-22-16-10-4)76-44-40-72(61)94-76)57-31-35-59(36-32-57)101-89(103)67-55-69-70(56-68(67)90(101)104)92(106)102(91(69)105)60-37-33-58(34-38-60)88-85-53-49-81(99-85)65(29-23-17-11-5)77-45-41-73(95-77)62(26-20-14-8-2)74-42-46-78(96-74)66(30-24-18-12-6)82-50-54-86(88)100-82/h31-56,93,95,98,100H,7-30H2,1-6H3. The lowest BCUT2D eigenvalue weighted by Crippen LogP contribution is -2.24. The lowest BCUT2D eigenvalue weighted by Gasteiger charge is -2.07. The summed E-state index contributed by atoms with van der Waals surface area (Å²) >= 11 is 0. The largest absolute Gasteiger partial charge is 0.355 e. The first-order valence-corrected chi connectivity index (χ1v) is 39.4. The second-order valence-electron chi connectivity index (χ2n) is 29.3. The van der Waals surface area contributed by atoms with Gasteiger partial charge in [-0.15, -0.1) is 0 Å². The molecule has 4 N–H and O–H groups in total. The van der Waals surface area contributed by atoms with Gasteiger partial charge in [-0.25, -0.2) is 29.1 Å². The van der Waals surface area contributed by atoms with E-state index >= 15 is 0 Å². The van der Waals surface area contributed by atoms with Crippen LogP contribution in [0.2, 0.25) is 0 Å². The maximum absolute atomic E-state index is 14.8. The molecule has 0 unspecified atom stereocenters. The van der Waals surface area contributed by atoms with Crippen molar-refractivity contribution in [1.82, 2.24) is 49.0 Å². The first-order chi connectivity index (χ1) is 52.0. The molecule has 0 atom stereocenters. The third-order valence-corrected chi connectivity index (χ3v) is 22.1. The monoisotopic (exact) mass is 1400 g/mol. The van der Waals surface area contributed by atoms with E-state index in [2.05, 4.69) is 159 Å². The molecule has 0 aliphatic carbocycles. The zero-order chi connectivity index (χ0) is 73.0. The van der Waals surface area contributed by atoms with E-state index in [4.69, 9.17) is 19.9 Å². The molecule has 538 valence electrons. The molecule has 3 aromatic carbocycles. The number of aromatic amines is 4. The number of nitrogens with zero attached hydrogens (tertiary/aromatic N) is 6. The van der Waals surface area contributed by atoms with Crippen LogP contribution in [-0.2, 0) is 38.5 Å². The molecule has 0 fully saturated rings. The summed E-state index contributed by atoms with van der Waals surface area (Å²) in [4.78, 5) is 96.4. The average molecular weight is 1410 g/mol. The fraction of sp³-hybridized carbons (Fsp3) is 0.326. The lowest BCUT2D eigenvalue weighted by atomic mass is 10.0. The van der Waals surface area contributed by atoms with Crippen LogP contribution in [0.5, 0.6) is 0 Å². The Morgan fingerprint density at radius 1 is 0.255 bits per heavy atom. The summed E-state index contributed by atoms with van der Waals surface area (Å²) in [6, 6.07) is 35.2. The summed E-state index contributed by atoms with van der Waals surface area (Å²) in [6.45, 7) is 13.4. The van der Waals surface area contributed by atoms with Crippen molar-refractivity contribution < 1.29 is 0 Å². The van der Waals surface area contributed by atoms with Crippen LogP contribution < -0.4 is 22.2 Å². The Kier molecular flexibility index (Phi) is 21.0. The van der Waals surface area contributed by atoms with Crippen molar-refractivity contribution in [3.8, 4) is 33.6 Å². The summed E-state index contributed by atoms with van der Waals surface area (Å²) < 4.78 is 2.29. The molecule has 4 aliphatic heterocycles. The highest BCUT2D eigenvalue weighted by molar-refractivity contribution is 5.99. The number of fused-ring (bicyclic) bond motifs is 18. The van der Waals surface area contributed by atoms with Gasteiger partial charge in [0.15, 0.2) is 0 Å². The SMILES string of the molecule is CCCCCc1c2nc(c(CCCCC)c3ccc([nH]3)c(-c3ccc(-n4c(=O)c5cc6c(=O)n(-c7ccc(-c8c9nc(c(CCCCC)c%10ccc([nH]%10)c(CCCCC)c%10nc(c(CCCCC)c%11ccc8[nH]%11)C=C%10)C=C9)cc7)c(=O)c6cc5c4=O)cc3)c3nc(c(CCCCC)c4ccc1[nH]4)C=C3)C=C2. The third-order valence-electron chi connectivity index (χ3n) is 22.1. The molecule has 0 saturated heterocycles. The van der Waals surface area contributed by atoms with Gasteiger partial charge < -0.3 is 19.9 Å². The van der Waals surface area contributed by atoms with Crippen LogP contribution in [0.1, 0.15) is 236 Å². The van der Waals surface area contributed by atoms with Crippen molar-refractivity contribution in [2.24, 2.45) is 0 Å². The molecule has 4 aliphatic rings. The van der Waals surface area contributed by atoms with Gasteiger partial charge in [0.2, 0.25) is 0 Å². The number of aromatic nitrogens is 10. The summed E-state index contributed by atoms with van der Waals surface area (Å²) in [7, 11) is 0. The van der Waals surface area contributed by atoms with Crippen LogP contribution >= 0.6 is 0 Å². The van der Waals surface area contributed by atoms with Gasteiger partial charge in [-0.2, -0.15) is 0 Å². The van der Waals surface area contributed by atoms with Crippen LogP contribution in [-0.4, -0.2) is 49.0 Å². The van der Waals surface area contributed by atoms with Crippen LogP contribution in [0.3, 0.4) is 0 Å². The maximum Gasteiger partial charge on any atom is 0.266 e. The first-order valence-electron chi connectivity index (χ1n) is 39.4. The first kappa shape index (κ1) is 70.8. The van der Waals surface area contributed by atoms with Gasteiger partial charge in [-0.1, -0.05) is 143 Å². The zero-order valence-corrected chi connectivity index (χ0v) is 62.3. The van der Waals surface area contributed by atoms with Gasteiger partial charge in [-0.05, 0) is 222 Å². The molecule has 106 heavy (non-hydrogen) atoms. The normalized spacial score (nSPS) is 12.6. The number of H-pyrrole nitrogens is 4. The van der Waals surface area contributed by atoms with E-state index in [9.17, 15) is 19.2 Å². The fourth-order valence-electron chi connectivity index (χ4n) is 16.3. The predicted octanol–water partition coefficient (Wildman–Crippen LogP) is 21.6. The Morgan fingerprint density at radius 2 is 0.462 bits per heavy atom. The highest BCUT2D eigenvalue weighted by Crippen LogP contribution is 2.37. The molecule has 0 radical (unpaired) electrons. The lowest BCUT2D eigenvalue weighted by molar-refractivity contribution is 0.715. The number of hydrogen-bond acceptors (Lipinski definition) is 8. The number of unbranched alkanes of at least 4 members (excludes halogenated alkanes) is 12. The summed E-state index contributed by atoms with van der Waals surface area (Å²) in [5, 5.41) is 0.242. The number of hydrogen-bond donors (Lipinski definition) is 4. The van der Waals surface area contributed by atoms with Crippen LogP contribution in [0.4, 0.5) is 0 Å². The van der Waals surface area contributed by atoms with Gasteiger partial charge in [-0.3, -0.25) is 19.2 Å². The van der Waals surface area contributed by atoms with Crippen LogP contribution in [0, 0.1) is 0 Å². The smallest absolute Gasteiger partial charge is 0.266 e. The topological polar surface area (TPSA) is 193 Å². The Bertz CT molecular complexity index is 5460. The molecule has 11 aromatic rings. The molecule has 15 rings (SSSR count). The van der Waals surface area contributed by atoms with Crippen molar-refractivity contribution in [2.45, 2.75) is 196 Å². The minimum Gasteiger partial charge on any atom is -0.355 e. The van der Waals surface area contributed by atoms with Gasteiger partial charge in [0, 0.05) is 88.6 Å². The maximum atomic E-state index is 14.8. The van der Waals surface area contributed by atoms with E-state index in [0.717, 1.165) is 297 Å². The van der Waals surface area contributed by atoms with Crippen molar-refractivity contribution in [2.75, 3.05) is 0 Å². The molecule has 8 aromatic heterocycles. The minimum absolute atomic E-state index is 0.0605. The average Bonchev–Trinajstić information content (AvgIpc) is 1.57. The van der Waals surface area contributed by atoms with E-state index in [-0.39, 0.29) is 21.5 Å². The molecule has 0 spiro atoms. The van der Waals surface area contributed by atoms with Crippen molar-refractivity contribution in [3.63, 3.8) is 0 Å². The van der Waals surface area contributed by atoms with E-state index in [1.54, 1.807) is 24.3 Å². The van der Waals surface area contributed by atoms with Crippen LogP contribution in [0.25, 0.3) is 148 Å². The Hall–Kier alpha value is -10.9. The molecule has 0 saturated carbocycles. The molecular weight excluding hydrogens is 1310 g/mol. The molecule has 14 heteroatoms. The van der Waals surface area contributed by atoms with Gasteiger partial charge in [0.1, 0.15) is 0 Å². The Labute approximate surface area is 618 Å². The van der Waals surface area contributed by atoms with E-state index in [0.29, 0.717) is 11.4 Å². The van der Waals surface area contributed by atoms with Crippen molar-refractivity contribution in [3.05, 3.63) is 230 Å². The molecule has 16 bridgehead atoms. The fourth-order valence-corrected chi connectivity index (χ4v) is 16.3. The molecule has 14 nitrogen and oxygen atoms in total. The number of benzene rings is 3. The summed E-state index contributed by atoms with van der Waals surface area (Å²) in [5.74, 6) is 0. The van der Waals surface area contributed by atoms with Crippen molar-refractivity contribution in [1.29, 1.82) is 0 Å². The van der Waals surface area contributed by atoms with E-state index < -0.39 is 22.2 Å². The molecular formula is C92H96N10O4. The van der Waals surface area contributed by atoms with Gasteiger partial charge in [0.25, 0.3) is 22.2 Å². The number of nitrogens with one attached hydrogen (secondary N) is 4. The van der Waals surface area contributed by atoms with Gasteiger partial charge >= 0.3 is 0 Å². The summed E-state index contributed by atoms with van der Waals surface area (Å²) in [5.41, 5.74) is 24.3. The second kappa shape index (κ2) is 31.5. The highest BCUT2D eigenvalue weighted by atomic mass is 16.2. The minimum atomic E-state index is -0.578. The van der Waals surface area contributed by atoms with Crippen molar-refractivity contribution >= 4 is 114 Å². The Balaban J connectivity index is 0.810. The van der Waals surface area contributed by atoms with E-state index in [1.807, 2.05) is 24.3 Å². The number of aryl methyl sites for hydroxylation is 6. The highest BCUT2D eigenvalue weighted by Gasteiger charge is 2.25. The quantitative estimate of drug-likeness (QED) is 0.0348. The van der Waals surface area contributed by atoms with Gasteiger partial charge in [0.05, 0.1) is 78.5 Å². The zero-order valence-electron chi connectivity index (χ0n) is 62.3.